The minimum atomic E-state index is -0.311. The van der Waals surface area contributed by atoms with Crippen molar-refractivity contribution in [3.63, 3.8) is 0 Å². The van der Waals surface area contributed by atoms with Crippen LogP contribution in [0.1, 0.15) is 12.8 Å². The molecule has 1 aromatic rings. The van der Waals surface area contributed by atoms with Crippen LogP contribution in [0.3, 0.4) is 0 Å². The predicted molar refractivity (Wildman–Crippen MR) is 68.0 cm³/mol. The van der Waals surface area contributed by atoms with Crippen molar-refractivity contribution in [3.05, 3.63) is 22.6 Å². The van der Waals surface area contributed by atoms with E-state index in [0.29, 0.717) is 10.3 Å². The fraction of sp³-hybridized carbons (Fsp3) is 0.500. The van der Waals surface area contributed by atoms with Crippen LogP contribution in [0.15, 0.2) is 16.7 Å². The summed E-state index contributed by atoms with van der Waals surface area (Å²) in [7, 11) is 0. The lowest BCUT2D eigenvalue weighted by Gasteiger charge is -2.06. The van der Waals surface area contributed by atoms with Gasteiger partial charge in [-0.2, -0.15) is 11.8 Å². The molecular formula is C10H14BrFN2S. The van der Waals surface area contributed by atoms with Crippen molar-refractivity contribution in [2.45, 2.75) is 12.8 Å². The molecule has 0 fully saturated rings. The molecule has 0 radical (unpaired) electrons. The Balaban J connectivity index is 2.31. The molecule has 0 saturated carbocycles. The van der Waals surface area contributed by atoms with Gasteiger partial charge in [-0.1, -0.05) is 0 Å². The lowest BCUT2D eigenvalue weighted by Crippen LogP contribution is -2.05. The van der Waals surface area contributed by atoms with Gasteiger partial charge in [-0.05, 0) is 46.8 Å². The van der Waals surface area contributed by atoms with E-state index in [9.17, 15) is 4.39 Å². The molecule has 0 spiro atoms. The number of halogens is 2. The van der Waals surface area contributed by atoms with Crippen LogP contribution in [-0.4, -0.2) is 23.5 Å². The maximum absolute atomic E-state index is 13.3. The summed E-state index contributed by atoms with van der Waals surface area (Å²) in [4.78, 5) is 3.96. The predicted octanol–water partition coefficient (Wildman–Crippen LogP) is 3.54. The third-order valence-electron chi connectivity index (χ3n) is 1.88. The number of thioether (sulfide) groups is 1. The van der Waals surface area contributed by atoms with Gasteiger partial charge in [-0.25, -0.2) is 9.37 Å². The number of aromatic nitrogens is 1. The van der Waals surface area contributed by atoms with Crippen molar-refractivity contribution in [1.82, 2.24) is 4.98 Å². The molecule has 0 aliphatic rings. The maximum Gasteiger partial charge on any atom is 0.166 e. The molecule has 84 valence electrons. The topological polar surface area (TPSA) is 24.9 Å². The fourth-order valence-corrected chi connectivity index (χ4v) is 1.92. The first-order valence-corrected chi connectivity index (χ1v) is 6.96. The first-order chi connectivity index (χ1) is 7.24. The van der Waals surface area contributed by atoms with Gasteiger partial charge in [0.1, 0.15) is 0 Å². The average Bonchev–Trinajstić information content (AvgIpc) is 2.20. The quantitative estimate of drug-likeness (QED) is 0.812. The monoisotopic (exact) mass is 292 g/mol. The first kappa shape index (κ1) is 12.8. The van der Waals surface area contributed by atoms with Crippen LogP contribution >= 0.6 is 27.7 Å². The van der Waals surface area contributed by atoms with E-state index in [1.807, 2.05) is 11.8 Å². The van der Waals surface area contributed by atoms with Crippen LogP contribution in [0.5, 0.6) is 0 Å². The van der Waals surface area contributed by atoms with Gasteiger partial charge in [0, 0.05) is 17.2 Å². The summed E-state index contributed by atoms with van der Waals surface area (Å²) < 4.78 is 13.9. The lowest BCUT2D eigenvalue weighted by atomic mass is 10.3. The molecule has 0 aromatic carbocycles. The van der Waals surface area contributed by atoms with E-state index in [1.54, 1.807) is 6.20 Å². The van der Waals surface area contributed by atoms with Gasteiger partial charge in [0.15, 0.2) is 11.6 Å². The van der Waals surface area contributed by atoms with Gasteiger partial charge in [-0.3, -0.25) is 0 Å². The number of nitrogens with zero attached hydrogens (tertiary/aromatic N) is 1. The molecule has 0 bridgehead atoms. The highest BCUT2D eigenvalue weighted by atomic mass is 79.9. The minimum absolute atomic E-state index is 0.311. The summed E-state index contributed by atoms with van der Waals surface area (Å²) in [5, 5.41) is 2.98. The summed E-state index contributed by atoms with van der Waals surface area (Å²) in [6, 6.07) is 1.41. The number of rotatable bonds is 6. The second-order valence-electron chi connectivity index (χ2n) is 3.11. The fourth-order valence-electron chi connectivity index (χ4n) is 1.12. The van der Waals surface area contributed by atoms with Crippen molar-refractivity contribution < 1.29 is 4.39 Å². The molecule has 0 amide bonds. The molecule has 1 rings (SSSR count). The zero-order chi connectivity index (χ0) is 11.1. The Hall–Kier alpha value is -0.290. The van der Waals surface area contributed by atoms with Crippen molar-refractivity contribution >= 4 is 33.5 Å². The smallest absolute Gasteiger partial charge is 0.166 e. The standard InChI is InChI=1S/C10H14BrFN2S/c1-15-5-3-2-4-13-10-9(12)6-8(11)7-14-10/h6-7H,2-5H2,1H3,(H,13,14). The summed E-state index contributed by atoms with van der Waals surface area (Å²) in [6.45, 7) is 0.770. The van der Waals surface area contributed by atoms with Crippen LogP contribution in [0.25, 0.3) is 0 Å². The second-order valence-corrected chi connectivity index (χ2v) is 5.01. The summed E-state index contributed by atoms with van der Waals surface area (Å²) >= 11 is 4.99. The van der Waals surface area contributed by atoms with E-state index in [1.165, 1.54) is 6.07 Å². The number of anilines is 1. The van der Waals surface area contributed by atoms with Gasteiger partial charge in [0.25, 0.3) is 0 Å². The highest BCUT2D eigenvalue weighted by Gasteiger charge is 2.02. The van der Waals surface area contributed by atoms with Gasteiger partial charge < -0.3 is 5.32 Å². The Bertz CT molecular complexity index is 309. The Morgan fingerprint density at radius 1 is 1.53 bits per heavy atom. The van der Waals surface area contributed by atoms with Gasteiger partial charge >= 0.3 is 0 Å². The maximum atomic E-state index is 13.3. The van der Waals surface area contributed by atoms with Crippen LogP contribution in [0.2, 0.25) is 0 Å². The molecular weight excluding hydrogens is 279 g/mol. The van der Waals surface area contributed by atoms with Crippen molar-refractivity contribution in [2.24, 2.45) is 0 Å². The van der Waals surface area contributed by atoms with Crippen molar-refractivity contribution in [1.29, 1.82) is 0 Å². The molecule has 1 aromatic heterocycles. The van der Waals surface area contributed by atoms with E-state index < -0.39 is 0 Å². The summed E-state index contributed by atoms with van der Waals surface area (Å²) in [5.74, 6) is 1.18. The number of nitrogens with one attached hydrogen (secondary N) is 1. The number of hydrogen-bond acceptors (Lipinski definition) is 3. The van der Waals surface area contributed by atoms with Crippen LogP contribution in [-0.2, 0) is 0 Å². The summed E-state index contributed by atoms with van der Waals surface area (Å²) in [5.41, 5.74) is 0. The van der Waals surface area contributed by atoms with Gasteiger partial charge in [0.2, 0.25) is 0 Å². The SMILES string of the molecule is CSCCCCNc1ncc(Br)cc1F. The third kappa shape index (κ3) is 4.84. The van der Waals surface area contributed by atoms with Crippen molar-refractivity contribution in [2.75, 3.05) is 23.9 Å². The normalized spacial score (nSPS) is 10.3. The number of hydrogen-bond donors (Lipinski definition) is 1. The number of unbranched alkanes of at least 4 members (excludes halogenated alkanes) is 1. The molecule has 0 aliphatic heterocycles. The largest absolute Gasteiger partial charge is 0.368 e. The zero-order valence-electron chi connectivity index (χ0n) is 8.59. The molecule has 1 N–H and O–H groups in total. The van der Waals surface area contributed by atoms with Crippen molar-refractivity contribution in [3.8, 4) is 0 Å². The molecule has 0 atom stereocenters. The van der Waals surface area contributed by atoms with E-state index in [-0.39, 0.29) is 5.82 Å². The van der Waals surface area contributed by atoms with E-state index >= 15 is 0 Å². The summed E-state index contributed by atoms with van der Waals surface area (Å²) in [6.07, 6.45) is 5.86. The molecule has 1 heterocycles. The Kier molecular flexibility index (Phi) is 6.02. The Labute approximate surface area is 102 Å². The Morgan fingerprint density at radius 3 is 3.00 bits per heavy atom. The van der Waals surface area contributed by atoms with Gasteiger partial charge in [-0.15, -0.1) is 0 Å². The van der Waals surface area contributed by atoms with E-state index in [2.05, 4.69) is 32.5 Å². The lowest BCUT2D eigenvalue weighted by molar-refractivity contribution is 0.622. The molecule has 5 heteroatoms. The van der Waals surface area contributed by atoms with E-state index in [0.717, 1.165) is 25.1 Å². The van der Waals surface area contributed by atoms with Crippen LogP contribution < -0.4 is 5.32 Å². The van der Waals surface area contributed by atoms with Gasteiger partial charge in [0.05, 0.1) is 0 Å². The molecule has 0 unspecified atom stereocenters. The highest BCUT2D eigenvalue weighted by Crippen LogP contribution is 2.15. The second kappa shape index (κ2) is 7.06. The first-order valence-electron chi connectivity index (χ1n) is 4.78. The zero-order valence-corrected chi connectivity index (χ0v) is 11.0. The minimum Gasteiger partial charge on any atom is -0.368 e. The third-order valence-corrected chi connectivity index (χ3v) is 3.01. The Morgan fingerprint density at radius 2 is 2.33 bits per heavy atom. The molecule has 0 saturated heterocycles. The molecule has 15 heavy (non-hydrogen) atoms. The van der Waals surface area contributed by atoms with E-state index in [4.69, 9.17) is 0 Å². The molecule has 0 aliphatic carbocycles. The number of pyridine rings is 1. The highest BCUT2D eigenvalue weighted by molar-refractivity contribution is 9.10. The van der Waals surface area contributed by atoms with Crippen LogP contribution in [0, 0.1) is 5.82 Å². The molecule has 2 nitrogen and oxygen atoms in total. The average molecular weight is 293 g/mol. The van der Waals surface area contributed by atoms with Crippen LogP contribution in [0.4, 0.5) is 10.2 Å².